The zero-order chi connectivity index (χ0) is 15.5. The third-order valence-electron chi connectivity index (χ3n) is 5.89. The van der Waals surface area contributed by atoms with E-state index in [2.05, 4.69) is 31.2 Å². The van der Waals surface area contributed by atoms with Crippen molar-refractivity contribution in [2.24, 2.45) is 11.8 Å². The van der Waals surface area contributed by atoms with Gasteiger partial charge in [-0.3, -0.25) is 0 Å². The highest BCUT2D eigenvalue weighted by molar-refractivity contribution is 5.24. The third kappa shape index (κ3) is 3.59. The summed E-state index contributed by atoms with van der Waals surface area (Å²) in [4.78, 5) is 0. The molecule has 2 fully saturated rings. The van der Waals surface area contributed by atoms with Gasteiger partial charge in [0.2, 0.25) is 0 Å². The first-order valence-corrected chi connectivity index (χ1v) is 8.73. The fraction of sp³-hybridized carbons (Fsp3) is 0.600. The van der Waals surface area contributed by atoms with Crippen molar-refractivity contribution < 1.29 is 8.78 Å². The topological polar surface area (TPSA) is 0 Å². The predicted octanol–water partition coefficient (Wildman–Crippen LogP) is 6.61. The Balaban J connectivity index is 1.52. The molecule has 0 heterocycles. The van der Waals surface area contributed by atoms with Gasteiger partial charge in [0, 0.05) is 0 Å². The Hall–Kier alpha value is -1.18. The van der Waals surface area contributed by atoms with Crippen molar-refractivity contribution in [3.8, 4) is 0 Å². The molecule has 1 aromatic rings. The first-order chi connectivity index (χ1) is 10.6. The molecular weight excluding hydrogens is 278 g/mol. The Morgan fingerprint density at radius 1 is 0.818 bits per heavy atom. The maximum absolute atomic E-state index is 12.6. The van der Waals surface area contributed by atoms with E-state index in [1.807, 2.05) is 0 Å². The normalized spacial score (nSPS) is 29.4. The summed E-state index contributed by atoms with van der Waals surface area (Å²) in [6, 6.07) is 8.98. The van der Waals surface area contributed by atoms with Gasteiger partial charge in [-0.25, -0.2) is 0 Å². The Labute approximate surface area is 132 Å². The average molecular weight is 304 g/mol. The minimum absolute atomic E-state index is 0.421. The molecule has 1 aromatic carbocycles. The van der Waals surface area contributed by atoms with Gasteiger partial charge in [0.25, 0.3) is 6.08 Å². The summed E-state index contributed by atoms with van der Waals surface area (Å²) >= 11 is 0. The summed E-state index contributed by atoms with van der Waals surface area (Å²) in [6.45, 7) is 2.13. The molecular formula is C20H26F2. The largest absolute Gasteiger partial charge is 0.269 e. The van der Waals surface area contributed by atoms with Gasteiger partial charge < -0.3 is 0 Å². The van der Waals surface area contributed by atoms with Gasteiger partial charge in [-0.1, -0.05) is 29.8 Å². The van der Waals surface area contributed by atoms with Crippen LogP contribution in [0.3, 0.4) is 0 Å². The van der Waals surface area contributed by atoms with Crippen molar-refractivity contribution in [1.82, 2.24) is 0 Å². The molecule has 2 aliphatic rings. The van der Waals surface area contributed by atoms with E-state index in [1.165, 1.54) is 36.8 Å². The van der Waals surface area contributed by atoms with Crippen LogP contribution in [0.4, 0.5) is 8.78 Å². The van der Waals surface area contributed by atoms with E-state index >= 15 is 0 Å². The Morgan fingerprint density at radius 3 is 1.91 bits per heavy atom. The van der Waals surface area contributed by atoms with Crippen molar-refractivity contribution in [2.45, 2.75) is 64.2 Å². The first kappa shape index (κ1) is 15.7. The molecule has 2 aliphatic carbocycles. The minimum atomic E-state index is -1.42. The zero-order valence-electron chi connectivity index (χ0n) is 13.5. The molecule has 0 N–H and O–H groups in total. The number of halogens is 2. The summed E-state index contributed by atoms with van der Waals surface area (Å²) in [6.07, 6.45) is 6.89. The highest BCUT2D eigenvalue weighted by atomic mass is 19.3. The Morgan fingerprint density at radius 2 is 1.36 bits per heavy atom. The molecule has 3 rings (SSSR count). The van der Waals surface area contributed by atoms with Crippen LogP contribution >= 0.6 is 0 Å². The van der Waals surface area contributed by atoms with Gasteiger partial charge >= 0.3 is 0 Å². The number of allylic oxidation sites excluding steroid dienone is 1. The number of hydrogen-bond acceptors (Lipinski definition) is 0. The van der Waals surface area contributed by atoms with Crippen LogP contribution in [0.1, 0.15) is 68.4 Å². The summed E-state index contributed by atoms with van der Waals surface area (Å²) in [5.41, 5.74) is 3.23. The monoisotopic (exact) mass is 304 g/mol. The predicted molar refractivity (Wildman–Crippen MR) is 87.1 cm³/mol. The van der Waals surface area contributed by atoms with E-state index in [-0.39, 0.29) is 0 Å². The van der Waals surface area contributed by atoms with Crippen molar-refractivity contribution in [3.05, 3.63) is 47.0 Å². The summed E-state index contributed by atoms with van der Waals surface area (Å²) in [5, 5.41) is 0. The number of hydrogen-bond donors (Lipinski definition) is 0. The lowest BCUT2D eigenvalue weighted by Crippen LogP contribution is -2.23. The zero-order valence-corrected chi connectivity index (χ0v) is 13.5. The molecule has 0 bridgehead atoms. The van der Waals surface area contributed by atoms with Crippen molar-refractivity contribution >= 4 is 0 Å². The number of rotatable bonds is 2. The third-order valence-corrected chi connectivity index (χ3v) is 5.89. The molecule has 0 spiro atoms. The van der Waals surface area contributed by atoms with Crippen LogP contribution < -0.4 is 0 Å². The van der Waals surface area contributed by atoms with Crippen LogP contribution in [0.2, 0.25) is 0 Å². The molecule has 0 aromatic heterocycles. The van der Waals surface area contributed by atoms with E-state index < -0.39 is 6.08 Å². The Bertz CT molecular complexity index is 507. The molecule has 120 valence electrons. The molecule has 0 aliphatic heterocycles. The maximum atomic E-state index is 12.6. The van der Waals surface area contributed by atoms with E-state index in [9.17, 15) is 8.78 Å². The first-order valence-electron chi connectivity index (χ1n) is 8.73. The molecule has 0 nitrogen and oxygen atoms in total. The van der Waals surface area contributed by atoms with Crippen molar-refractivity contribution in [1.29, 1.82) is 0 Å². The molecule has 22 heavy (non-hydrogen) atoms. The molecule has 2 heteroatoms. The number of aryl methyl sites for hydroxylation is 1. The lowest BCUT2D eigenvalue weighted by Gasteiger charge is -2.36. The number of benzene rings is 1. The average Bonchev–Trinajstić information content (AvgIpc) is 2.56. The van der Waals surface area contributed by atoms with Gasteiger partial charge in [0.15, 0.2) is 0 Å². The van der Waals surface area contributed by atoms with E-state index in [4.69, 9.17) is 0 Å². The fourth-order valence-corrected chi connectivity index (χ4v) is 4.41. The second kappa shape index (κ2) is 6.93. The quantitative estimate of drug-likeness (QED) is 0.576. The maximum Gasteiger partial charge on any atom is 0.269 e. The van der Waals surface area contributed by atoms with Crippen LogP contribution in [0.25, 0.3) is 0 Å². The molecule has 0 unspecified atom stereocenters. The SMILES string of the molecule is Cc1ccc(C2CCC(C3CCC(=C(F)F)CC3)CC2)cc1. The second-order valence-electron chi connectivity index (χ2n) is 7.22. The molecule has 0 atom stereocenters. The standard InChI is InChI=1S/C20H26F2/c1-14-2-4-15(5-3-14)16-6-8-17(9-7-16)18-10-12-19(13-11-18)20(21)22/h2-5,16-18H,6-13H2,1H3. The highest BCUT2D eigenvalue weighted by Crippen LogP contribution is 2.44. The highest BCUT2D eigenvalue weighted by Gasteiger charge is 2.30. The summed E-state index contributed by atoms with van der Waals surface area (Å²) in [7, 11) is 0. The molecule has 0 saturated heterocycles. The molecule has 0 radical (unpaired) electrons. The minimum Gasteiger partial charge on any atom is -0.173 e. The lowest BCUT2D eigenvalue weighted by molar-refractivity contribution is 0.197. The van der Waals surface area contributed by atoms with Gasteiger partial charge in [-0.15, -0.1) is 0 Å². The summed E-state index contributed by atoms with van der Waals surface area (Å²) in [5.74, 6) is 2.16. The van der Waals surface area contributed by atoms with Crippen LogP contribution in [-0.4, -0.2) is 0 Å². The van der Waals surface area contributed by atoms with Gasteiger partial charge in [0.1, 0.15) is 0 Å². The van der Waals surface area contributed by atoms with Crippen LogP contribution in [0, 0.1) is 18.8 Å². The summed E-state index contributed by atoms with van der Waals surface area (Å²) < 4.78 is 25.3. The van der Waals surface area contributed by atoms with Gasteiger partial charge in [-0.05, 0) is 87.2 Å². The van der Waals surface area contributed by atoms with E-state index in [1.54, 1.807) is 0 Å². The van der Waals surface area contributed by atoms with Crippen LogP contribution in [0.5, 0.6) is 0 Å². The van der Waals surface area contributed by atoms with E-state index in [0.29, 0.717) is 30.3 Å². The van der Waals surface area contributed by atoms with Gasteiger partial charge in [0.05, 0.1) is 0 Å². The van der Waals surface area contributed by atoms with E-state index in [0.717, 1.165) is 18.8 Å². The van der Waals surface area contributed by atoms with Gasteiger partial charge in [-0.2, -0.15) is 8.78 Å². The van der Waals surface area contributed by atoms with Crippen LogP contribution in [0.15, 0.2) is 35.9 Å². The fourth-order valence-electron chi connectivity index (χ4n) is 4.41. The van der Waals surface area contributed by atoms with Crippen molar-refractivity contribution in [2.75, 3.05) is 0 Å². The second-order valence-corrected chi connectivity index (χ2v) is 7.22. The molecule has 0 amide bonds. The Kier molecular flexibility index (Phi) is 4.95. The van der Waals surface area contributed by atoms with Crippen molar-refractivity contribution in [3.63, 3.8) is 0 Å². The smallest absolute Gasteiger partial charge is 0.173 e. The lowest BCUT2D eigenvalue weighted by atomic mass is 9.69. The molecule has 2 saturated carbocycles. The van der Waals surface area contributed by atoms with Crippen LogP contribution in [-0.2, 0) is 0 Å².